The molecule has 4 aromatic rings. The van der Waals surface area contributed by atoms with E-state index in [1.165, 1.54) is 21.7 Å². The Morgan fingerprint density at radius 2 is 1.85 bits per heavy atom. The lowest BCUT2D eigenvalue weighted by molar-refractivity contribution is -0.134. The smallest absolute Gasteiger partial charge is 0.237 e. The van der Waals surface area contributed by atoms with Crippen molar-refractivity contribution in [3.63, 3.8) is 0 Å². The zero-order valence-corrected chi connectivity index (χ0v) is 18.5. The van der Waals surface area contributed by atoms with Crippen molar-refractivity contribution in [2.45, 2.75) is 25.4 Å². The number of aromatic amines is 1. The summed E-state index contributed by atoms with van der Waals surface area (Å²) in [5.41, 5.74) is 3.43. The van der Waals surface area contributed by atoms with Crippen molar-refractivity contribution in [2.75, 3.05) is 19.6 Å². The average Bonchev–Trinajstić information content (AvgIpc) is 3.24. The Hall–Kier alpha value is -3.64. The van der Waals surface area contributed by atoms with Crippen LogP contribution in [-0.2, 0) is 22.6 Å². The molecule has 1 saturated heterocycles. The van der Waals surface area contributed by atoms with Crippen molar-refractivity contribution in [1.29, 1.82) is 0 Å². The van der Waals surface area contributed by atoms with Crippen LogP contribution in [0.2, 0.25) is 0 Å². The molecule has 1 unspecified atom stereocenters. The van der Waals surface area contributed by atoms with E-state index in [2.05, 4.69) is 56.9 Å². The van der Waals surface area contributed by atoms with Gasteiger partial charge in [0, 0.05) is 43.3 Å². The Labute approximate surface area is 193 Å². The van der Waals surface area contributed by atoms with Gasteiger partial charge >= 0.3 is 0 Å². The fourth-order valence-electron chi connectivity index (χ4n) is 4.67. The molecule has 2 heterocycles. The summed E-state index contributed by atoms with van der Waals surface area (Å²) in [5, 5.41) is 9.48. The number of nitrogens with one attached hydrogen (secondary N) is 3. The van der Waals surface area contributed by atoms with Gasteiger partial charge in [-0.2, -0.15) is 0 Å². The Morgan fingerprint density at radius 1 is 1.03 bits per heavy atom. The maximum atomic E-state index is 12.7. The van der Waals surface area contributed by atoms with Gasteiger partial charge in [-0.15, -0.1) is 0 Å². The van der Waals surface area contributed by atoms with Crippen LogP contribution in [-0.4, -0.2) is 47.4 Å². The van der Waals surface area contributed by atoms with Gasteiger partial charge in [-0.25, -0.2) is 0 Å². The van der Waals surface area contributed by atoms with E-state index in [4.69, 9.17) is 0 Å². The van der Waals surface area contributed by atoms with E-state index in [9.17, 15) is 9.59 Å². The van der Waals surface area contributed by atoms with Crippen LogP contribution in [0.5, 0.6) is 0 Å². The molecule has 1 aliphatic rings. The standard InChI is InChI=1S/C27H28N4O2/c32-26(28-12-11-22-17-30-24-8-4-3-7-23(22)24)16-25-27(33)29-13-14-31(25)18-19-9-10-20-5-1-2-6-21(20)15-19/h1-10,15,17,25,30H,11-14,16,18H2,(H,28,32)(H,29,33). The summed E-state index contributed by atoms with van der Waals surface area (Å²) < 4.78 is 0. The van der Waals surface area contributed by atoms with Crippen LogP contribution < -0.4 is 10.6 Å². The first-order valence-corrected chi connectivity index (χ1v) is 11.5. The molecule has 3 aromatic carbocycles. The Balaban J connectivity index is 1.20. The van der Waals surface area contributed by atoms with Crippen LogP contribution in [0.3, 0.4) is 0 Å². The van der Waals surface area contributed by atoms with Crippen molar-refractivity contribution in [1.82, 2.24) is 20.5 Å². The second-order valence-corrected chi connectivity index (χ2v) is 8.62. The monoisotopic (exact) mass is 440 g/mol. The van der Waals surface area contributed by atoms with Gasteiger partial charge < -0.3 is 15.6 Å². The number of benzene rings is 3. The minimum Gasteiger partial charge on any atom is -0.361 e. The molecule has 5 rings (SSSR count). The maximum absolute atomic E-state index is 12.7. The summed E-state index contributed by atoms with van der Waals surface area (Å²) in [6.45, 7) is 2.52. The van der Waals surface area contributed by atoms with Gasteiger partial charge in [0.1, 0.15) is 0 Å². The van der Waals surface area contributed by atoms with Gasteiger partial charge in [-0.05, 0) is 40.5 Å². The number of nitrogens with zero attached hydrogens (tertiary/aromatic N) is 1. The zero-order chi connectivity index (χ0) is 22.6. The lowest BCUT2D eigenvalue weighted by atomic mass is 10.0. The van der Waals surface area contributed by atoms with Crippen molar-refractivity contribution in [3.05, 3.63) is 84.1 Å². The highest BCUT2D eigenvalue weighted by molar-refractivity contribution is 5.89. The molecule has 33 heavy (non-hydrogen) atoms. The molecule has 2 amide bonds. The van der Waals surface area contributed by atoms with Crippen molar-refractivity contribution in [3.8, 4) is 0 Å². The normalized spacial score (nSPS) is 16.7. The van der Waals surface area contributed by atoms with Crippen LogP contribution in [0, 0.1) is 0 Å². The molecule has 0 radical (unpaired) electrons. The number of piperazine rings is 1. The number of carbonyl (C=O) groups excluding carboxylic acids is 2. The van der Waals surface area contributed by atoms with E-state index in [0.29, 0.717) is 19.6 Å². The van der Waals surface area contributed by atoms with Crippen LogP contribution in [0.25, 0.3) is 21.7 Å². The fourth-order valence-corrected chi connectivity index (χ4v) is 4.67. The van der Waals surface area contributed by atoms with E-state index >= 15 is 0 Å². The first-order valence-electron chi connectivity index (χ1n) is 11.5. The molecule has 0 aliphatic carbocycles. The number of rotatable bonds is 7. The van der Waals surface area contributed by atoms with Crippen molar-refractivity contribution < 1.29 is 9.59 Å². The highest BCUT2D eigenvalue weighted by atomic mass is 16.2. The van der Waals surface area contributed by atoms with E-state index < -0.39 is 6.04 Å². The third-order valence-corrected chi connectivity index (χ3v) is 6.41. The van der Waals surface area contributed by atoms with E-state index in [1.807, 2.05) is 36.5 Å². The summed E-state index contributed by atoms with van der Waals surface area (Å²) in [7, 11) is 0. The second-order valence-electron chi connectivity index (χ2n) is 8.62. The minimum absolute atomic E-state index is 0.0752. The molecular weight excluding hydrogens is 412 g/mol. The predicted molar refractivity (Wildman–Crippen MR) is 131 cm³/mol. The van der Waals surface area contributed by atoms with Crippen molar-refractivity contribution in [2.24, 2.45) is 0 Å². The van der Waals surface area contributed by atoms with E-state index in [0.717, 1.165) is 24.0 Å². The van der Waals surface area contributed by atoms with Crippen LogP contribution >= 0.6 is 0 Å². The minimum atomic E-state index is -0.460. The van der Waals surface area contributed by atoms with E-state index in [1.54, 1.807) is 0 Å². The van der Waals surface area contributed by atoms with Gasteiger partial charge in [0.2, 0.25) is 11.8 Å². The summed E-state index contributed by atoms with van der Waals surface area (Å²) >= 11 is 0. The first kappa shape index (κ1) is 21.2. The number of aromatic nitrogens is 1. The first-order chi connectivity index (χ1) is 16.2. The Bertz CT molecular complexity index is 1300. The third-order valence-electron chi connectivity index (χ3n) is 6.41. The van der Waals surface area contributed by atoms with Gasteiger partial charge in [-0.3, -0.25) is 14.5 Å². The van der Waals surface area contributed by atoms with Gasteiger partial charge in [0.05, 0.1) is 12.5 Å². The number of hydrogen-bond acceptors (Lipinski definition) is 3. The molecule has 1 aromatic heterocycles. The summed E-state index contributed by atoms with van der Waals surface area (Å²) in [6.07, 6.45) is 2.90. The number of carbonyl (C=O) groups is 2. The lowest BCUT2D eigenvalue weighted by Gasteiger charge is -2.34. The lowest BCUT2D eigenvalue weighted by Crippen LogP contribution is -2.56. The topological polar surface area (TPSA) is 77.2 Å². The summed E-state index contributed by atoms with van der Waals surface area (Å²) in [5.74, 6) is -0.172. The van der Waals surface area contributed by atoms with Gasteiger partial charge in [-0.1, -0.05) is 54.6 Å². The average molecular weight is 441 g/mol. The molecule has 0 saturated carbocycles. The Kier molecular flexibility index (Phi) is 6.09. The largest absolute Gasteiger partial charge is 0.361 e. The van der Waals surface area contributed by atoms with E-state index in [-0.39, 0.29) is 18.2 Å². The number of amides is 2. The maximum Gasteiger partial charge on any atom is 0.237 e. The molecule has 1 aliphatic heterocycles. The molecular formula is C27H28N4O2. The van der Waals surface area contributed by atoms with Crippen LogP contribution in [0.15, 0.2) is 72.9 Å². The van der Waals surface area contributed by atoms with Gasteiger partial charge in [0.25, 0.3) is 0 Å². The highest BCUT2D eigenvalue weighted by Crippen LogP contribution is 2.20. The number of para-hydroxylation sites is 1. The number of H-pyrrole nitrogens is 1. The van der Waals surface area contributed by atoms with Crippen LogP contribution in [0.4, 0.5) is 0 Å². The molecule has 1 atom stereocenters. The SMILES string of the molecule is O=C(CC1C(=O)NCCN1Cc1ccc2ccccc2c1)NCCc1c[nH]c2ccccc12. The van der Waals surface area contributed by atoms with Crippen LogP contribution in [0.1, 0.15) is 17.5 Å². The molecule has 0 bridgehead atoms. The molecule has 1 fully saturated rings. The predicted octanol–water partition coefficient (Wildman–Crippen LogP) is 3.37. The fraction of sp³-hybridized carbons (Fsp3) is 0.259. The second kappa shape index (κ2) is 9.46. The quantitative estimate of drug-likeness (QED) is 0.412. The molecule has 6 heteroatoms. The molecule has 3 N–H and O–H groups in total. The summed E-state index contributed by atoms with van der Waals surface area (Å²) in [4.78, 5) is 30.7. The Morgan fingerprint density at radius 3 is 2.76 bits per heavy atom. The summed E-state index contributed by atoms with van der Waals surface area (Å²) in [6, 6.07) is 22.3. The highest BCUT2D eigenvalue weighted by Gasteiger charge is 2.31. The number of fused-ring (bicyclic) bond motifs is 2. The van der Waals surface area contributed by atoms with Crippen molar-refractivity contribution >= 4 is 33.5 Å². The van der Waals surface area contributed by atoms with Gasteiger partial charge in [0.15, 0.2) is 0 Å². The molecule has 168 valence electrons. The zero-order valence-electron chi connectivity index (χ0n) is 18.5. The molecule has 0 spiro atoms. The third kappa shape index (κ3) is 4.76. The molecule has 6 nitrogen and oxygen atoms in total. The number of hydrogen-bond donors (Lipinski definition) is 3.